The fourth-order valence-corrected chi connectivity index (χ4v) is 6.86. The van der Waals surface area contributed by atoms with Gasteiger partial charge < -0.3 is 14.7 Å². The first-order valence-electron chi connectivity index (χ1n) is 15.4. The molecule has 1 N–H and O–H groups in total. The maximum atomic E-state index is 13.8. The highest BCUT2D eigenvalue weighted by atomic mass is 19.4. The van der Waals surface area contributed by atoms with E-state index < -0.39 is 29.5 Å². The van der Waals surface area contributed by atoms with Crippen LogP contribution in [0.25, 0.3) is 0 Å². The fraction of sp³-hybridized carbons (Fsp3) is 0.533. The fourth-order valence-electron chi connectivity index (χ4n) is 6.86. The number of rotatable bonds is 7. The molecule has 252 valence electrons. The van der Waals surface area contributed by atoms with Gasteiger partial charge in [0.05, 0.1) is 24.2 Å². The second-order valence-corrected chi connectivity index (χ2v) is 12.4. The van der Waals surface area contributed by atoms with Crippen molar-refractivity contribution in [2.24, 2.45) is 13.0 Å². The molecule has 0 saturated carbocycles. The van der Waals surface area contributed by atoms with E-state index in [4.69, 9.17) is 0 Å². The highest BCUT2D eigenvalue weighted by molar-refractivity contribution is 5.64. The topological polar surface area (TPSA) is 108 Å². The standard InChI is InChI=1S/C30H35F6N11/c1-18-11-19(2)26-24(12-18)25(5-4-8-46(26)16-20-6-9-45(10-7-20)27-37-41-42-38-27)47(28-39-43-44(3)40-28)17-21-13-22(29(31,32)33)15-23(14-21)30(34,35)36/h11-15,20,25H,4-10,16-17H2,1-3H3,(H,37,38,41,42)/t25-/m0/s1. The molecule has 2 aliphatic rings. The van der Waals surface area contributed by atoms with Gasteiger partial charge in [0.2, 0.25) is 0 Å². The third-order valence-electron chi connectivity index (χ3n) is 8.90. The summed E-state index contributed by atoms with van der Waals surface area (Å²) in [6.07, 6.45) is -6.75. The molecular formula is C30H35F6N11. The predicted octanol–water partition coefficient (Wildman–Crippen LogP) is 5.64. The van der Waals surface area contributed by atoms with E-state index in [2.05, 4.69) is 58.0 Å². The molecule has 1 atom stereocenters. The Labute approximate surface area is 266 Å². The Morgan fingerprint density at radius 1 is 0.894 bits per heavy atom. The molecule has 17 heteroatoms. The molecule has 6 rings (SSSR count). The monoisotopic (exact) mass is 663 g/mol. The molecule has 0 bridgehead atoms. The van der Waals surface area contributed by atoms with Gasteiger partial charge in [-0.25, -0.2) is 0 Å². The minimum Gasteiger partial charge on any atom is -0.371 e. The van der Waals surface area contributed by atoms with Crippen LogP contribution in [-0.2, 0) is 25.9 Å². The number of nitrogens with one attached hydrogen (secondary N) is 1. The number of aryl methyl sites for hydroxylation is 3. The van der Waals surface area contributed by atoms with E-state index >= 15 is 0 Å². The number of piperidine rings is 1. The van der Waals surface area contributed by atoms with Crippen molar-refractivity contribution >= 4 is 17.6 Å². The number of nitrogens with zero attached hydrogens (tertiary/aromatic N) is 10. The van der Waals surface area contributed by atoms with Crippen molar-refractivity contribution in [3.8, 4) is 0 Å². The van der Waals surface area contributed by atoms with E-state index in [9.17, 15) is 26.3 Å². The minimum atomic E-state index is -4.96. The molecule has 4 aromatic rings. The highest BCUT2D eigenvalue weighted by Gasteiger charge is 2.38. The van der Waals surface area contributed by atoms with E-state index in [0.29, 0.717) is 18.3 Å². The lowest BCUT2D eigenvalue weighted by molar-refractivity contribution is -0.143. The van der Waals surface area contributed by atoms with Gasteiger partial charge in [0, 0.05) is 38.4 Å². The summed E-state index contributed by atoms with van der Waals surface area (Å²) in [6.45, 7) is 6.85. The Kier molecular flexibility index (Phi) is 8.74. The quantitative estimate of drug-likeness (QED) is 0.251. The summed E-state index contributed by atoms with van der Waals surface area (Å²) in [5.74, 6) is 1.10. The molecule has 2 aromatic heterocycles. The molecule has 0 spiro atoms. The minimum absolute atomic E-state index is 0.121. The Bertz CT molecular complexity index is 1640. The van der Waals surface area contributed by atoms with E-state index in [1.165, 1.54) is 4.80 Å². The molecule has 47 heavy (non-hydrogen) atoms. The normalized spacial score (nSPS) is 17.9. The molecule has 1 fully saturated rings. The number of hydrogen-bond donors (Lipinski definition) is 1. The van der Waals surface area contributed by atoms with Crippen molar-refractivity contribution in [2.75, 3.05) is 40.9 Å². The molecule has 4 heterocycles. The van der Waals surface area contributed by atoms with E-state index in [-0.39, 0.29) is 24.1 Å². The Balaban J connectivity index is 1.35. The highest BCUT2D eigenvalue weighted by Crippen LogP contribution is 2.43. The van der Waals surface area contributed by atoms with Crippen molar-refractivity contribution < 1.29 is 26.3 Å². The van der Waals surface area contributed by atoms with Crippen LogP contribution in [0.3, 0.4) is 0 Å². The number of benzene rings is 2. The lowest BCUT2D eigenvalue weighted by Gasteiger charge is -2.37. The lowest BCUT2D eigenvalue weighted by atomic mass is 9.93. The van der Waals surface area contributed by atoms with Crippen molar-refractivity contribution in [2.45, 2.75) is 64.5 Å². The number of fused-ring (bicyclic) bond motifs is 1. The molecule has 0 aliphatic carbocycles. The van der Waals surface area contributed by atoms with Crippen LogP contribution in [0, 0.1) is 19.8 Å². The molecule has 2 aliphatic heterocycles. The zero-order valence-electron chi connectivity index (χ0n) is 26.1. The van der Waals surface area contributed by atoms with Gasteiger partial charge in [-0.1, -0.05) is 27.9 Å². The van der Waals surface area contributed by atoms with Crippen molar-refractivity contribution in [1.29, 1.82) is 0 Å². The number of H-pyrrole nitrogens is 1. The summed E-state index contributed by atoms with van der Waals surface area (Å²) >= 11 is 0. The summed E-state index contributed by atoms with van der Waals surface area (Å²) in [5, 5.41) is 26.8. The molecule has 0 radical (unpaired) electrons. The average Bonchev–Trinajstić information content (AvgIpc) is 3.66. The van der Waals surface area contributed by atoms with Gasteiger partial charge >= 0.3 is 12.4 Å². The van der Waals surface area contributed by atoms with Crippen LogP contribution in [0.2, 0.25) is 0 Å². The Hall–Kier alpha value is -4.44. The third kappa shape index (κ3) is 7.12. The summed E-state index contributed by atoms with van der Waals surface area (Å²) in [4.78, 5) is 7.40. The van der Waals surface area contributed by atoms with Gasteiger partial charge in [-0.15, -0.1) is 10.2 Å². The number of anilines is 3. The van der Waals surface area contributed by atoms with Crippen LogP contribution < -0.4 is 14.7 Å². The van der Waals surface area contributed by atoms with Gasteiger partial charge in [-0.2, -0.15) is 36.4 Å². The maximum Gasteiger partial charge on any atom is 0.416 e. The summed E-state index contributed by atoms with van der Waals surface area (Å²) in [7, 11) is 1.56. The van der Waals surface area contributed by atoms with Crippen LogP contribution in [-0.4, -0.2) is 67.0 Å². The first kappa shape index (κ1) is 32.5. The lowest BCUT2D eigenvalue weighted by Crippen LogP contribution is -2.40. The van der Waals surface area contributed by atoms with Crippen LogP contribution in [0.5, 0.6) is 0 Å². The van der Waals surface area contributed by atoms with Crippen LogP contribution in [0.15, 0.2) is 30.3 Å². The molecule has 11 nitrogen and oxygen atoms in total. The summed E-state index contributed by atoms with van der Waals surface area (Å²) < 4.78 is 82.7. The van der Waals surface area contributed by atoms with Gasteiger partial charge in [0.1, 0.15) is 0 Å². The van der Waals surface area contributed by atoms with Crippen molar-refractivity contribution in [1.82, 2.24) is 40.8 Å². The number of aromatic amines is 1. The van der Waals surface area contributed by atoms with Crippen LogP contribution >= 0.6 is 0 Å². The summed E-state index contributed by atoms with van der Waals surface area (Å²) in [6, 6.07) is 5.39. The van der Waals surface area contributed by atoms with Gasteiger partial charge in [0.25, 0.3) is 11.9 Å². The molecule has 0 unspecified atom stereocenters. The van der Waals surface area contributed by atoms with E-state index in [1.54, 1.807) is 11.9 Å². The molecule has 2 aromatic carbocycles. The first-order valence-corrected chi connectivity index (χ1v) is 15.4. The molecule has 1 saturated heterocycles. The van der Waals surface area contributed by atoms with Gasteiger partial charge in [-0.05, 0) is 90.8 Å². The Morgan fingerprint density at radius 3 is 2.19 bits per heavy atom. The first-order chi connectivity index (χ1) is 22.3. The summed E-state index contributed by atoms with van der Waals surface area (Å²) in [5.41, 5.74) is 1.11. The second kappa shape index (κ2) is 12.6. The zero-order valence-corrected chi connectivity index (χ0v) is 26.1. The van der Waals surface area contributed by atoms with Gasteiger partial charge in [0.15, 0.2) is 0 Å². The zero-order chi connectivity index (χ0) is 33.5. The number of hydrogen-bond acceptors (Lipinski definition) is 9. The average molecular weight is 664 g/mol. The maximum absolute atomic E-state index is 13.8. The number of alkyl halides is 6. The number of halogens is 6. The van der Waals surface area contributed by atoms with E-state index in [1.807, 2.05) is 13.8 Å². The predicted molar refractivity (Wildman–Crippen MR) is 161 cm³/mol. The van der Waals surface area contributed by atoms with Crippen LogP contribution in [0.4, 0.5) is 43.9 Å². The van der Waals surface area contributed by atoms with Crippen molar-refractivity contribution in [3.63, 3.8) is 0 Å². The molecular weight excluding hydrogens is 628 g/mol. The van der Waals surface area contributed by atoms with Crippen molar-refractivity contribution in [3.05, 3.63) is 63.7 Å². The number of aromatic nitrogens is 8. The molecule has 0 amide bonds. The second-order valence-electron chi connectivity index (χ2n) is 12.4. The SMILES string of the molecule is Cc1cc(C)c2c(c1)[C@@H](N(Cc1cc(C(F)(F)F)cc(C(F)(F)F)c1)c1nnn(C)n1)CCCN2CC1CCN(c2nn[nH]n2)CC1. The largest absolute Gasteiger partial charge is 0.416 e. The van der Waals surface area contributed by atoms with Gasteiger partial charge in [-0.3, -0.25) is 0 Å². The van der Waals surface area contributed by atoms with E-state index in [0.717, 1.165) is 80.0 Å². The Morgan fingerprint density at radius 2 is 1.60 bits per heavy atom. The number of tetrazole rings is 2. The third-order valence-corrected chi connectivity index (χ3v) is 8.90. The smallest absolute Gasteiger partial charge is 0.371 e. The van der Waals surface area contributed by atoms with Crippen LogP contribution in [0.1, 0.15) is 65.1 Å².